The summed E-state index contributed by atoms with van der Waals surface area (Å²) in [5.74, 6) is 0.765. The molecule has 0 aliphatic carbocycles. The van der Waals surface area contributed by atoms with E-state index in [4.69, 9.17) is 4.74 Å². The monoisotopic (exact) mass is 406 g/mol. The average Bonchev–Trinajstić information content (AvgIpc) is 2.67. The molecule has 0 fully saturated rings. The summed E-state index contributed by atoms with van der Waals surface area (Å²) < 4.78 is 6.71. The highest BCUT2D eigenvalue weighted by Gasteiger charge is 2.04. The van der Waals surface area contributed by atoms with Crippen molar-refractivity contribution in [2.24, 2.45) is 0 Å². The van der Waals surface area contributed by atoms with Crippen LogP contribution in [0.5, 0.6) is 5.75 Å². The smallest absolute Gasteiger partial charge is 0.185 e. The van der Waals surface area contributed by atoms with Gasteiger partial charge in [-0.1, -0.05) is 72.3 Å². The lowest BCUT2D eigenvalue weighted by atomic mass is 10.1. The molecule has 0 saturated carbocycles. The van der Waals surface area contributed by atoms with Gasteiger partial charge in [0.15, 0.2) is 5.78 Å². The number of ketones is 1. The normalized spacial score (nSPS) is 10.8. The van der Waals surface area contributed by atoms with Gasteiger partial charge in [-0.25, -0.2) is 0 Å². The standard InChI is InChI=1S/C23H19BrO2/c1-17-7-11-20(12-8-17)22(25)13-9-18-10-14-23(21(24)15-18)26-16-19-5-3-2-4-6-19/h2-15H,16H2,1H3/b13-9+. The van der Waals surface area contributed by atoms with Gasteiger partial charge in [0, 0.05) is 5.56 Å². The summed E-state index contributed by atoms with van der Waals surface area (Å²) in [5.41, 5.74) is 3.88. The Labute approximate surface area is 162 Å². The van der Waals surface area contributed by atoms with Crippen LogP contribution in [0.1, 0.15) is 27.0 Å². The van der Waals surface area contributed by atoms with Gasteiger partial charge in [-0.05, 0) is 52.2 Å². The van der Waals surface area contributed by atoms with Gasteiger partial charge in [-0.15, -0.1) is 0 Å². The topological polar surface area (TPSA) is 26.3 Å². The minimum atomic E-state index is -0.00877. The number of allylic oxidation sites excluding steroid dienone is 1. The van der Waals surface area contributed by atoms with E-state index in [2.05, 4.69) is 15.9 Å². The Bertz CT molecular complexity index is 913. The number of carbonyl (C=O) groups is 1. The van der Waals surface area contributed by atoms with Crippen molar-refractivity contribution >= 4 is 27.8 Å². The molecule has 3 aromatic carbocycles. The van der Waals surface area contributed by atoms with Gasteiger partial charge in [0.25, 0.3) is 0 Å². The van der Waals surface area contributed by atoms with E-state index in [0.29, 0.717) is 12.2 Å². The molecule has 0 radical (unpaired) electrons. The first-order valence-electron chi connectivity index (χ1n) is 8.37. The van der Waals surface area contributed by atoms with Crippen LogP contribution in [0.15, 0.2) is 83.3 Å². The highest BCUT2D eigenvalue weighted by molar-refractivity contribution is 9.10. The lowest BCUT2D eigenvalue weighted by Crippen LogP contribution is -1.96. The van der Waals surface area contributed by atoms with Crippen LogP contribution >= 0.6 is 15.9 Å². The van der Waals surface area contributed by atoms with E-state index in [1.807, 2.05) is 85.8 Å². The predicted molar refractivity (Wildman–Crippen MR) is 109 cm³/mol. The first-order valence-corrected chi connectivity index (χ1v) is 9.16. The van der Waals surface area contributed by atoms with Gasteiger partial charge in [-0.3, -0.25) is 4.79 Å². The van der Waals surface area contributed by atoms with Crippen LogP contribution < -0.4 is 4.74 Å². The van der Waals surface area contributed by atoms with Crippen molar-refractivity contribution in [3.05, 3.63) is 106 Å². The summed E-state index contributed by atoms with van der Waals surface area (Å²) in [5, 5.41) is 0. The zero-order valence-electron chi connectivity index (χ0n) is 14.5. The molecule has 3 heteroatoms. The fourth-order valence-electron chi connectivity index (χ4n) is 2.46. The average molecular weight is 407 g/mol. The largest absolute Gasteiger partial charge is 0.488 e. The Hall–Kier alpha value is -2.65. The number of rotatable bonds is 6. The second-order valence-corrected chi connectivity index (χ2v) is 6.88. The molecule has 0 bridgehead atoms. The van der Waals surface area contributed by atoms with E-state index in [1.54, 1.807) is 6.08 Å². The molecular formula is C23H19BrO2. The third-order valence-electron chi connectivity index (χ3n) is 3.96. The highest BCUT2D eigenvalue weighted by atomic mass is 79.9. The van der Waals surface area contributed by atoms with Gasteiger partial charge in [0.2, 0.25) is 0 Å². The molecule has 0 amide bonds. The van der Waals surface area contributed by atoms with E-state index in [1.165, 1.54) is 0 Å². The summed E-state index contributed by atoms with van der Waals surface area (Å²) in [6.45, 7) is 2.52. The molecule has 0 unspecified atom stereocenters. The molecule has 2 nitrogen and oxygen atoms in total. The van der Waals surface area contributed by atoms with Crippen LogP contribution in [-0.4, -0.2) is 5.78 Å². The van der Waals surface area contributed by atoms with Gasteiger partial charge in [-0.2, -0.15) is 0 Å². The molecular weight excluding hydrogens is 388 g/mol. The number of hydrogen-bond acceptors (Lipinski definition) is 2. The van der Waals surface area contributed by atoms with Crippen LogP contribution in [0.3, 0.4) is 0 Å². The van der Waals surface area contributed by atoms with E-state index < -0.39 is 0 Å². The van der Waals surface area contributed by atoms with Crippen LogP contribution in [0.2, 0.25) is 0 Å². The van der Waals surface area contributed by atoms with Crippen LogP contribution in [0, 0.1) is 6.92 Å². The summed E-state index contributed by atoms with van der Waals surface area (Å²) in [6, 6.07) is 23.4. The number of ether oxygens (including phenoxy) is 1. The van der Waals surface area contributed by atoms with Crippen molar-refractivity contribution in [3.63, 3.8) is 0 Å². The third-order valence-corrected chi connectivity index (χ3v) is 4.58. The maximum atomic E-state index is 12.2. The molecule has 0 atom stereocenters. The Morgan fingerprint density at radius 1 is 1.00 bits per heavy atom. The van der Waals surface area contributed by atoms with Crippen molar-refractivity contribution < 1.29 is 9.53 Å². The van der Waals surface area contributed by atoms with E-state index in [-0.39, 0.29) is 5.78 Å². The zero-order chi connectivity index (χ0) is 18.4. The molecule has 3 aromatic rings. The molecule has 26 heavy (non-hydrogen) atoms. The van der Waals surface area contributed by atoms with Gasteiger partial charge in [0.1, 0.15) is 12.4 Å². The molecule has 0 spiro atoms. The minimum absolute atomic E-state index is 0.00877. The molecule has 130 valence electrons. The van der Waals surface area contributed by atoms with Crippen LogP contribution in [0.4, 0.5) is 0 Å². The molecule has 0 N–H and O–H groups in total. The van der Waals surface area contributed by atoms with Gasteiger partial charge >= 0.3 is 0 Å². The van der Waals surface area contributed by atoms with Crippen molar-refractivity contribution in [2.45, 2.75) is 13.5 Å². The van der Waals surface area contributed by atoms with Crippen molar-refractivity contribution in [1.82, 2.24) is 0 Å². The fraction of sp³-hybridized carbons (Fsp3) is 0.0870. The number of hydrogen-bond donors (Lipinski definition) is 0. The van der Waals surface area contributed by atoms with Crippen molar-refractivity contribution in [1.29, 1.82) is 0 Å². The third kappa shape index (κ3) is 4.93. The van der Waals surface area contributed by atoms with E-state index in [0.717, 1.165) is 26.9 Å². The van der Waals surface area contributed by atoms with Crippen LogP contribution in [-0.2, 0) is 6.61 Å². The highest BCUT2D eigenvalue weighted by Crippen LogP contribution is 2.27. The van der Waals surface area contributed by atoms with E-state index in [9.17, 15) is 4.79 Å². The van der Waals surface area contributed by atoms with E-state index >= 15 is 0 Å². The fourth-order valence-corrected chi connectivity index (χ4v) is 2.97. The first-order chi connectivity index (χ1) is 12.6. The Morgan fingerprint density at radius 2 is 1.73 bits per heavy atom. The number of halogens is 1. The molecule has 0 aromatic heterocycles. The lowest BCUT2D eigenvalue weighted by Gasteiger charge is -2.09. The van der Waals surface area contributed by atoms with Crippen LogP contribution in [0.25, 0.3) is 6.08 Å². The number of carbonyl (C=O) groups excluding carboxylic acids is 1. The minimum Gasteiger partial charge on any atom is -0.488 e. The summed E-state index contributed by atoms with van der Waals surface area (Å²) >= 11 is 3.54. The SMILES string of the molecule is Cc1ccc(C(=O)/C=C/c2ccc(OCc3ccccc3)c(Br)c2)cc1. The molecule has 0 aliphatic rings. The van der Waals surface area contributed by atoms with Crippen molar-refractivity contribution in [2.75, 3.05) is 0 Å². The predicted octanol–water partition coefficient (Wildman–Crippen LogP) is 6.23. The Balaban J connectivity index is 1.65. The van der Waals surface area contributed by atoms with Gasteiger partial charge in [0.05, 0.1) is 4.47 Å². The first kappa shape index (κ1) is 18.2. The van der Waals surface area contributed by atoms with Gasteiger partial charge < -0.3 is 4.74 Å². The number of benzene rings is 3. The Kier molecular flexibility index (Phi) is 6.03. The molecule has 0 saturated heterocycles. The molecule has 0 heterocycles. The maximum absolute atomic E-state index is 12.2. The quantitative estimate of drug-likeness (QED) is 0.358. The maximum Gasteiger partial charge on any atom is 0.185 e. The summed E-state index contributed by atoms with van der Waals surface area (Å²) in [7, 11) is 0. The molecule has 0 aliphatic heterocycles. The summed E-state index contributed by atoms with van der Waals surface area (Å²) in [6.07, 6.45) is 3.41. The second-order valence-electron chi connectivity index (χ2n) is 6.03. The lowest BCUT2D eigenvalue weighted by molar-refractivity contribution is 0.104. The molecule has 3 rings (SSSR count). The van der Waals surface area contributed by atoms with Crippen molar-refractivity contribution in [3.8, 4) is 5.75 Å². The summed E-state index contributed by atoms with van der Waals surface area (Å²) in [4.78, 5) is 12.2. The Morgan fingerprint density at radius 3 is 2.42 bits per heavy atom. The second kappa shape index (κ2) is 8.63. The number of aryl methyl sites for hydroxylation is 1. The zero-order valence-corrected chi connectivity index (χ0v) is 16.1.